The third kappa shape index (κ3) is 8.25. The molecule has 1 atom stereocenters. The van der Waals surface area contributed by atoms with Gasteiger partial charge in [0.25, 0.3) is 0 Å². The molecule has 7 nitrogen and oxygen atoms in total. The van der Waals surface area contributed by atoms with Crippen LogP contribution in [-0.2, 0) is 32.6 Å². The van der Waals surface area contributed by atoms with Crippen molar-refractivity contribution in [1.29, 1.82) is 0 Å². The Morgan fingerprint density at radius 3 is 2.13 bits per heavy atom. The number of hydrogen-bond acceptors (Lipinski definition) is 4. The molecule has 39 heavy (non-hydrogen) atoms. The zero-order chi connectivity index (χ0) is 28.7. The van der Waals surface area contributed by atoms with Crippen LogP contribution >= 0.6 is 46.4 Å². The highest BCUT2D eigenvalue weighted by atomic mass is 35.5. The summed E-state index contributed by atoms with van der Waals surface area (Å²) in [6.07, 6.45) is 1.12. The fourth-order valence-corrected chi connectivity index (χ4v) is 5.78. The van der Waals surface area contributed by atoms with Crippen LogP contribution < -0.4 is 9.62 Å². The van der Waals surface area contributed by atoms with Crippen LogP contribution in [0.1, 0.15) is 18.1 Å². The van der Waals surface area contributed by atoms with E-state index in [9.17, 15) is 18.0 Å². The second-order valence-corrected chi connectivity index (χ2v) is 12.3. The summed E-state index contributed by atoms with van der Waals surface area (Å²) in [5.74, 6) is -1.08. The molecule has 0 fully saturated rings. The smallest absolute Gasteiger partial charge is 0.244 e. The van der Waals surface area contributed by atoms with E-state index in [-0.39, 0.29) is 28.7 Å². The first-order chi connectivity index (χ1) is 18.4. The maximum Gasteiger partial charge on any atom is 0.244 e. The number of nitrogens with zero attached hydrogens (tertiary/aromatic N) is 2. The number of halogens is 4. The molecule has 3 aromatic rings. The van der Waals surface area contributed by atoms with Crippen LogP contribution in [0.15, 0.2) is 66.7 Å². The predicted octanol–water partition coefficient (Wildman–Crippen LogP) is 5.84. The maximum atomic E-state index is 14.0. The summed E-state index contributed by atoms with van der Waals surface area (Å²) in [5, 5.41) is 3.70. The van der Waals surface area contributed by atoms with Crippen LogP contribution in [0.2, 0.25) is 20.1 Å². The molecule has 1 N–H and O–H groups in total. The second-order valence-electron chi connectivity index (χ2n) is 8.69. The first-order valence-electron chi connectivity index (χ1n) is 11.9. The van der Waals surface area contributed by atoms with Gasteiger partial charge >= 0.3 is 0 Å². The molecule has 0 saturated carbocycles. The highest BCUT2D eigenvalue weighted by Crippen LogP contribution is 2.32. The van der Waals surface area contributed by atoms with Crippen molar-refractivity contribution in [2.24, 2.45) is 0 Å². The molecule has 0 aliphatic rings. The van der Waals surface area contributed by atoms with E-state index in [1.165, 1.54) is 23.1 Å². The number of likely N-dealkylation sites (N-methyl/N-ethyl adjacent to an activating group) is 1. The fourth-order valence-electron chi connectivity index (χ4n) is 3.97. The van der Waals surface area contributed by atoms with Crippen molar-refractivity contribution in [1.82, 2.24) is 10.2 Å². The van der Waals surface area contributed by atoms with Gasteiger partial charge in [0.15, 0.2) is 0 Å². The van der Waals surface area contributed by atoms with E-state index in [0.29, 0.717) is 22.2 Å². The van der Waals surface area contributed by atoms with Crippen LogP contribution in [0.5, 0.6) is 0 Å². The number of benzene rings is 3. The topological polar surface area (TPSA) is 86.8 Å². The minimum atomic E-state index is -4.00. The van der Waals surface area contributed by atoms with Gasteiger partial charge in [-0.2, -0.15) is 0 Å². The lowest BCUT2D eigenvalue weighted by atomic mass is 10.0. The molecule has 208 valence electrons. The zero-order valence-electron chi connectivity index (χ0n) is 21.2. The van der Waals surface area contributed by atoms with E-state index >= 15 is 0 Å². The van der Waals surface area contributed by atoms with Gasteiger partial charge in [-0.1, -0.05) is 82.8 Å². The Hall–Kier alpha value is -2.49. The monoisotopic (exact) mass is 629 g/mol. The molecule has 2 amide bonds. The van der Waals surface area contributed by atoms with Crippen LogP contribution in [-0.4, -0.2) is 50.5 Å². The van der Waals surface area contributed by atoms with Crippen LogP contribution in [0.3, 0.4) is 0 Å². The third-order valence-electron chi connectivity index (χ3n) is 5.87. The normalized spacial score (nSPS) is 12.1. The fraction of sp³-hybridized carbons (Fsp3) is 0.259. The van der Waals surface area contributed by atoms with E-state index in [2.05, 4.69) is 5.32 Å². The molecule has 0 saturated heterocycles. The lowest BCUT2D eigenvalue weighted by molar-refractivity contribution is -0.140. The lowest BCUT2D eigenvalue weighted by Crippen LogP contribution is -2.53. The first kappa shape index (κ1) is 31.0. The van der Waals surface area contributed by atoms with Crippen LogP contribution in [0.4, 0.5) is 5.69 Å². The van der Waals surface area contributed by atoms with E-state index in [0.717, 1.165) is 16.1 Å². The number of hydrogen-bond donors (Lipinski definition) is 1. The van der Waals surface area contributed by atoms with Gasteiger partial charge < -0.3 is 10.2 Å². The van der Waals surface area contributed by atoms with Crippen LogP contribution in [0, 0.1) is 0 Å². The predicted molar refractivity (Wildman–Crippen MR) is 158 cm³/mol. The number of sulfonamides is 1. The summed E-state index contributed by atoms with van der Waals surface area (Å²) in [6, 6.07) is 17.4. The van der Waals surface area contributed by atoms with Gasteiger partial charge in [0.2, 0.25) is 21.8 Å². The van der Waals surface area contributed by atoms with Gasteiger partial charge in [-0.15, -0.1) is 0 Å². The van der Waals surface area contributed by atoms with Crippen molar-refractivity contribution in [3.63, 3.8) is 0 Å². The summed E-state index contributed by atoms with van der Waals surface area (Å²) < 4.78 is 26.6. The Bertz CT molecular complexity index is 1420. The van der Waals surface area contributed by atoms with Crippen LogP contribution in [0.25, 0.3) is 0 Å². The third-order valence-corrected chi connectivity index (χ3v) is 8.26. The average molecular weight is 631 g/mol. The van der Waals surface area contributed by atoms with E-state index < -0.39 is 34.4 Å². The number of carbonyl (C=O) groups is 2. The van der Waals surface area contributed by atoms with Gasteiger partial charge in [0.05, 0.1) is 17.0 Å². The maximum absolute atomic E-state index is 14.0. The van der Waals surface area contributed by atoms with Gasteiger partial charge in [0, 0.05) is 40.1 Å². The zero-order valence-corrected chi connectivity index (χ0v) is 25.0. The molecule has 0 radical (unpaired) electrons. The van der Waals surface area contributed by atoms with Gasteiger partial charge in [-0.05, 0) is 42.8 Å². The Kier molecular flexibility index (Phi) is 10.9. The summed E-state index contributed by atoms with van der Waals surface area (Å²) in [4.78, 5) is 28.7. The van der Waals surface area contributed by atoms with Gasteiger partial charge in [-0.3, -0.25) is 13.9 Å². The minimum Gasteiger partial charge on any atom is -0.355 e. The number of carbonyl (C=O) groups excluding carboxylic acids is 2. The highest BCUT2D eigenvalue weighted by molar-refractivity contribution is 7.92. The molecule has 0 aromatic heterocycles. The summed E-state index contributed by atoms with van der Waals surface area (Å²) >= 11 is 25.3. The Morgan fingerprint density at radius 1 is 0.897 bits per heavy atom. The van der Waals surface area contributed by atoms with E-state index in [1.54, 1.807) is 25.1 Å². The average Bonchev–Trinajstić information content (AvgIpc) is 2.87. The Morgan fingerprint density at radius 2 is 1.54 bits per heavy atom. The largest absolute Gasteiger partial charge is 0.355 e. The lowest BCUT2D eigenvalue weighted by Gasteiger charge is -2.34. The molecule has 0 bridgehead atoms. The SMILES string of the molecule is CCNC(=O)C(Cc1ccccc1)N(Cc1c(Cl)cccc1Cl)C(=O)CN(c1cc(Cl)ccc1Cl)S(C)(=O)=O. The molecular weight excluding hydrogens is 604 g/mol. The second kappa shape index (κ2) is 13.7. The quantitative estimate of drug-likeness (QED) is 0.288. The molecule has 12 heteroatoms. The Balaban J connectivity index is 2.11. The molecule has 0 aliphatic carbocycles. The number of rotatable bonds is 11. The van der Waals surface area contributed by atoms with Crippen molar-refractivity contribution in [3.05, 3.63) is 97.9 Å². The minimum absolute atomic E-state index is 0.0355. The Labute approximate surface area is 248 Å². The molecule has 0 heterocycles. The van der Waals surface area contributed by atoms with Crippen molar-refractivity contribution in [2.75, 3.05) is 23.7 Å². The number of amides is 2. The molecule has 1 unspecified atom stereocenters. The first-order valence-corrected chi connectivity index (χ1v) is 15.2. The number of anilines is 1. The molecule has 0 spiro atoms. The van der Waals surface area contributed by atoms with Crippen molar-refractivity contribution in [3.8, 4) is 0 Å². The van der Waals surface area contributed by atoms with Crippen molar-refractivity contribution >= 4 is 73.9 Å². The molecule has 3 rings (SSSR count). The van der Waals surface area contributed by atoms with Crippen molar-refractivity contribution in [2.45, 2.75) is 25.9 Å². The molecule has 3 aromatic carbocycles. The van der Waals surface area contributed by atoms with Gasteiger partial charge in [-0.25, -0.2) is 8.42 Å². The summed E-state index contributed by atoms with van der Waals surface area (Å²) in [6.45, 7) is 1.30. The summed E-state index contributed by atoms with van der Waals surface area (Å²) in [7, 11) is -4.00. The number of nitrogens with one attached hydrogen (secondary N) is 1. The van der Waals surface area contributed by atoms with E-state index in [4.69, 9.17) is 46.4 Å². The molecule has 0 aliphatic heterocycles. The summed E-state index contributed by atoms with van der Waals surface area (Å²) in [5.41, 5.74) is 1.26. The highest BCUT2D eigenvalue weighted by Gasteiger charge is 2.34. The standard InChI is InChI=1S/C27H27Cl4N3O4S/c1-3-32-27(36)25(14-18-8-5-4-6-9-18)33(16-20-21(29)10-7-11-22(20)30)26(35)17-34(39(2,37)38)24-15-19(28)12-13-23(24)31/h4-13,15,25H,3,14,16-17H2,1-2H3,(H,32,36). The molecular formula is C27H27Cl4N3O4S. The van der Waals surface area contributed by atoms with Gasteiger partial charge in [0.1, 0.15) is 12.6 Å². The van der Waals surface area contributed by atoms with E-state index in [1.807, 2.05) is 30.3 Å². The van der Waals surface area contributed by atoms with Crippen molar-refractivity contribution < 1.29 is 18.0 Å².